The maximum atomic E-state index is 12.5. The first-order valence-electron chi connectivity index (χ1n) is 10.1. The van der Waals surface area contributed by atoms with Gasteiger partial charge in [0.05, 0.1) is 7.11 Å². The molecule has 2 heterocycles. The molecule has 1 aromatic rings. The summed E-state index contributed by atoms with van der Waals surface area (Å²) in [6, 6.07) is 7.83. The van der Waals surface area contributed by atoms with E-state index in [1.165, 1.54) is 12.8 Å². The van der Waals surface area contributed by atoms with Crippen LogP contribution >= 0.6 is 0 Å². The van der Waals surface area contributed by atoms with Crippen molar-refractivity contribution in [3.63, 3.8) is 0 Å². The first-order chi connectivity index (χ1) is 13.2. The van der Waals surface area contributed by atoms with Crippen molar-refractivity contribution in [1.29, 1.82) is 0 Å². The Bertz CT molecular complexity index is 635. The van der Waals surface area contributed by atoms with Crippen molar-refractivity contribution in [2.75, 3.05) is 52.9 Å². The second-order valence-corrected chi connectivity index (χ2v) is 7.37. The molecule has 1 aromatic carbocycles. The van der Waals surface area contributed by atoms with Gasteiger partial charge in [-0.3, -0.25) is 9.59 Å². The third kappa shape index (κ3) is 5.45. The largest absolute Gasteiger partial charge is 0.496 e. The fourth-order valence-electron chi connectivity index (χ4n) is 3.93. The Kier molecular flexibility index (Phi) is 7.10. The van der Waals surface area contributed by atoms with Crippen LogP contribution in [0.5, 0.6) is 5.75 Å². The molecule has 0 saturated carbocycles. The molecule has 0 unspecified atom stereocenters. The molecule has 2 aliphatic rings. The Labute approximate surface area is 162 Å². The highest BCUT2D eigenvalue weighted by Gasteiger charge is 2.24. The summed E-state index contributed by atoms with van der Waals surface area (Å²) in [5.74, 6) is 1.21. The van der Waals surface area contributed by atoms with Crippen LogP contribution in [0.4, 0.5) is 0 Å². The molecule has 2 aliphatic heterocycles. The highest BCUT2D eigenvalue weighted by atomic mass is 16.5. The van der Waals surface area contributed by atoms with Crippen molar-refractivity contribution < 1.29 is 14.3 Å². The van der Waals surface area contributed by atoms with Crippen LogP contribution in [0.1, 0.15) is 31.2 Å². The number of methoxy groups -OCH3 is 1. The lowest BCUT2D eigenvalue weighted by Crippen LogP contribution is -2.51. The molecule has 2 saturated heterocycles. The van der Waals surface area contributed by atoms with Crippen molar-refractivity contribution in [3.05, 3.63) is 29.8 Å². The van der Waals surface area contributed by atoms with Gasteiger partial charge >= 0.3 is 0 Å². The Balaban J connectivity index is 1.39. The van der Waals surface area contributed by atoms with Crippen molar-refractivity contribution in [1.82, 2.24) is 14.7 Å². The zero-order chi connectivity index (χ0) is 19.1. The Morgan fingerprint density at radius 1 is 0.889 bits per heavy atom. The van der Waals surface area contributed by atoms with E-state index >= 15 is 0 Å². The van der Waals surface area contributed by atoms with Crippen LogP contribution in [-0.2, 0) is 16.0 Å². The number of hydrogen-bond donors (Lipinski definition) is 0. The molecule has 0 aliphatic carbocycles. The fraction of sp³-hybridized carbons (Fsp3) is 0.619. The lowest BCUT2D eigenvalue weighted by Gasteiger charge is -2.35. The first kappa shape index (κ1) is 19.7. The number of piperazine rings is 1. The van der Waals surface area contributed by atoms with Crippen molar-refractivity contribution in [2.45, 2.75) is 32.1 Å². The lowest BCUT2D eigenvalue weighted by atomic mass is 10.1. The minimum absolute atomic E-state index is 0.157. The van der Waals surface area contributed by atoms with Crippen molar-refractivity contribution >= 4 is 11.8 Å². The first-order valence-corrected chi connectivity index (χ1v) is 10.1. The third-order valence-corrected chi connectivity index (χ3v) is 5.63. The summed E-state index contributed by atoms with van der Waals surface area (Å²) in [7, 11) is 1.65. The number of amides is 2. The summed E-state index contributed by atoms with van der Waals surface area (Å²) in [4.78, 5) is 31.1. The van der Waals surface area contributed by atoms with Crippen LogP contribution in [0.2, 0.25) is 0 Å². The highest BCUT2D eigenvalue weighted by Crippen LogP contribution is 2.19. The van der Waals surface area contributed by atoms with E-state index in [1.54, 1.807) is 7.11 Å². The molecule has 0 atom stereocenters. The number of hydrogen-bond acceptors (Lipinski definition) is 4. The number of benzene rings is 1. The number of para-hydroxylation sites is 1. The van der Waals surface area contributed by atoms with E-state index in [4.69, 9.17) is 4.74 Å². The van der Waals surface area contributed by atoms with Gasteiger partial charge in [-0.2, -0.15) is 0 Å². The van der Waals surface area contributed by atoms with Crippen molar-refractivity contribution in [3.8, 4) is 5.75 Å². The van der Waals surface area contributed by atoms with Gasteiger partial charge in [-0.15, -0.1) is 0 Å². The molecule has 0 spiro atoms. The van der Waals surface area contributed by atoms with Gasteiger partial charge in [0.25, 0.3) is 0 Å². The SMILES string of the molecule is COc1ccccc1CCC(=O)N1CCN(C(=O)CCN2CCCC2)CC1. The summed E-state index contributed by atoms with van der Waals surface area (Å²) in [6.07, 6.45) is 4.26. The molecule has 148 valence electrons. The molecular weight excluding hydrogens is 342 g/mol. The van der Waals surface area contributed by atoms with E-state index in [-0.39, 0.29) is 11.8 Å². The molecular formula is C21H31N3O3. The van der Waals surface area contributed by atoms with Gasteiger partial charge < -0.3 is 19.4 Å². The van der Waals surface area contributed by atoms with E-state index in [1.807, 2.05) is 34.1 Å². The van der Waals surface area contributed by atoms with Gasteiger partial charge in [0, 0.05) is 45.6 Å². The quantitative estimate of drug-likeness (QED) is 0.731. The van der Waals surface area contributed by atoms with Crippen LogP contribution in [0.15, 0.2) is 24.3 Å². The Hall–Kier alpha value is -2.08. The van der Waals surface area contributed by atoms with Crippen LogP contribution in [-0.4, -0.2) is 79.4 Å². The Morgan fingerprint density at radius 3 is 2.11 bits per heavy atom. The fourth-order valence-corrected chi connectivity index (χ4v) is 3.93. The van der Waals surface area contributed by atoms with E-state index in [0.717, 1.165) is 30.9 Å². The maximum absolute atomic E-state index is 12.5. The number of rotatable bonds is 7. The monoisotopic (exact) mass is 373 g/mol. The average Bonchev–Trinajstić information content (AvgIpc) is 3.24. The maximum Gasteiger partial charge on any atom is 0.223 e. The Morgan fingerprint density at radius 2 is 1.48 bits per heavy atom. The van der Waals surface area contributed by atoms with Crippen LogP contribution in [0.3, 0.4) is 0 Å². The van der Waals surface area contributed by atoms with Gasteiger partial charge in [0.2, 0.25) is 11.8 Å². The zero-order valence-corrected chi connectivity index (χ0v) is 16.4. The molecule has 6 heteroatoms. The molecule has 27 heavy (non-hydrogen) atoms. The average molecular weight is 373 g/mol. The smallest absolute Gasteiger partial charge is 0.223 e. The van der Waals surface area contributed by atoms with E-state index in [2.05, 4.69) is 4.90 Å². The standard InChI is InChI=1S/C21H31N3O3/c1-27-19-7-3-2-6-18(19)8-9-20(25)23-14-16-24(17-15-23)21(26)10-13-22-11-4-5-12-22/h2-3,6-7H,4-5,8-17H2,1H3. The van der Waals surface area contributed by atoms with Crippen LogP contribution in [0.25, 0.3) is 0 Å². The summed E-state index contributed by atoms with van der Waals surface area (Å²) < 4.78 is 5.35. The number of carbonyl (C=O) groups is 2. The summed E-state index contributed by atoms with van der Waals surface area (Å²) in [5.41, 5.74) is 1.06. The molecule has 2 fully saturated rings. The van der Waals surface area contributed by atoms with Gasteiger partial charge in [-0.05, 0) is 44.0 Å². The highest BCUT2D eigenvalue weighted by molar-refractivity contribution is 5.78. The number of aryl methyl sites for hydroxylation is 1. The van der Waals surface area contributed by atoms with Gasteiger partial charge in [-0.1, -0.05) is 18.2 Å². The number of ether oxygens (including phenoxy) is 1. The topological polar surface area (TPSA) is 53.1 Å². The van der Waals surface area contributed by atoms with Gasteiger partial charge in [0.15, 0.2) is 0 Å². The predicted molar refractivity (Wildman–Crippen MR) is 105 cm³/mol. The second-order valence-electron chi connectivity index (χ2n) is 7.37. The summed E-state index contributed by atoms with van der Waals surface area (Å²) >= 11 is 0. The molecule has 2 amide bonds. The molecule has 0 aromatic heterocycles. The molecule has 3 rings (SSSR count). The second kappa shape index (κ2) is 9.74. The number of carbonyl (C=O) groups excluding carboxylic acids is 2. The van der Waals surface area contributed by atoms with Gasteiger partial charge in [-0.25, -0.2) is 0 Å². The summed E-state index contributed by atoms with van der Waals surface area (Å²) in [5, 5.41) is 0. The van der Waals surface area contributed by atoms with Crippen molar-refractivity contribution in [2.24, 2.45) is 0 Å². The van der Waals surface area contributed by atoms with Crippen LogP contribution < -0.4 is 4.74 Å². The third-order valence-electron chi connectivity index (χ3n) is 5.63. The summed E-state index contributed by atoms with van der Waals surface area (Å²) in [6.45, 7) is 5.71. The minimum Gasteiger partial charge on any atom is -0.496 e. The predicted octanol–water partition coefficient (Wildman–Crippen LogP) is 1.78. The lowest BCUT2D eigenvalue weighted by molar-refractivity contribution is -0.139. The molecule has 0 radical (unpaired) electrons. The van der Waals surface area contributed by atoms with E-state index < -0.39 is 0 Å². The molecule has 6 nitrogen and oxygen atoms in total. The molecule has 0 bridgehead atoms. The normalized spacial score (nSPS) is 18.0. The number of likely N-dealkylation sites (tertiary alicyclic amines) is 1. The molecule has 0 N–H and O–H groups in total. The number of nitrogens with zero attached hydrogens (tertiary/aromatic N) is 3. The van der Waals surface area contributed by atoms with E-state index in [0.29, 0.717) is 45.4 Å². The minimum atomic E-state index is 0.157. The van der Waals surface area contributed by atoms with E-state index in [9.17, 15) is 9.59 Å². The zero-order valence-electron chi connectivity index (χ0n) is 16.4. The van der Waals surface area contributed by atoms with Gasteiger partial charge in [0.1, 0.15) is 5.75 Å². The van der Waals surface area contributed by atoms with Crippen LogP contribution in [0, 0.1) is 0 Å².